The van der Waals surface area contributed by atoms with Crippen LogP contribution in [0.5, 0.6) is 0 Å². The minimum atomic E-state index is 0.698. The average Bonchev–Trinajstić information content (AvgIpc) is 2.47. The molecule has 2 fully saturated rings. The molecule has 98 valence electrons. The lowest BCUT2D eigenvalue weighted by atomic mass is 9.91. The monoisotopic (exact) mass is 246 g/mol. The number of nitrogens with two attached hydrogens (primary N) is 1. The van der Waals surface area contributed by atoms with Gasteiger partial charge in [0, 0.05) is 38.4 Å². The van der Waals surface area contributed by atoms with E-state index in [1.807, 2.05) is 12.3 Å². The summed E-state index contributed by atoms with van der Waals surface area (Å²) in [4.78, 5) is 9.50. The van der Waals surface area contributed by atoms with Crippen LogP contribution in [0.3, 0.4) is 0 Å². The van der Waals surface area contributed by atoms with Crippen LogP contribution >= 0.6 is 0 Å². The quantitative estimate of drug-likeness (QED) is 0.843. The van der Waals surface area contributed by atoms with Crippen LogP contribution in [0.2, 0.25) is 0 Å². The van der Waals surface area contributed by atoms with Crippen molar-refractivity contribution in [2.45, 2.75) is 18.9 Å². The SMILES string of the molecule is NC[C@@H]1CC[C@H]2CN(c3ccccn3)CCN2C1. The van der Waals surface area contributed by atoms with E-state index in [0.29, 0.717) is 12.0 Å². The van der Waals surface area contributed by atoms with Crippen molar-refractivity contribution in [3.05, 3.63) is 24.4 Å². The van der Waals surface area contributed by atoms with E-state index >= 15 is 0 Å². The summed E-state index contributed by atoms with van der Waals surface area (Å²) >= 11 is 0. The molecule has 0 bridgehead atoms. The number of piperidine rings is 1. The number of fused-ring (bicyclic) bond motifs is 1. The van der Waals surface area contributed by atoms with Crippen LogP contribution in [0.25, 0.3) is 0 Å². The van der Waals surface area contributed by atoms with Crippen molar-refractivity contribution < 1.29 is 0 Å². The van der Waals surface area contributed by atoms with Gasteiger partial charge in [0.25, 0.3) is 0 Å². The third-order valence-corrected chi connectivity index (χ3v) is 4.31. The second-order valence-corrected chi connectivity index (χ2v) is 5.46. The van der Waals surface area contributed by atoms with E-state index in [0.717, 1.165) is 32.0 Å². The first-order chi connectivity index (χ1) is 8.86. The van der Waals surface area contributed by atoms with Crippen molar-refractivity contribution in [2.75, 3.05) is 37.6 Å². The highest BCUT2D eigenvalue weighted by Crippen LogP contribution is 2.26. The molecule has 2 aliphatic rings. The number of anilines is 1. The highest BCUT2D eigenvalue weighted by molar-refractivity contribution is 5.38. The molecule has 0 saturated carbocycles. The highest BCUT2D eigenvalue weighted by Gasteiger charge is 2.32. The molecule has 1 aromatic rings. The smallest absolute Gasteiger partial charge is 0.128 e. The Morgan fingerprint density at radius 2 is 2.17 bits per heavy atom. The number of pyridine rings is 1. The van der Waals surface area contributed by atoms with Gasteiger partial charge in [0.05, 0.1) is 0 Å². The Kier molecular flexibility index (Phi) is 3.48. The molecule has 2 aliphatic heterocycles. The molecular formula is C14H22N4. The maximum Gasteiger partial charge on any atom is 0.128 e. The van der Waals surface area contributed by atoms with E-state index in [-0.39, 0.29) is 0 Å². The van der Waals surface area contributed by atoms with E-state index in [1.54, 1.807) is 0 Å². The fourth-order valence-corrected chi connectivity index (χ4v) is 3.20. The van der Waals surface area contributed by atoms with Crippen molar-refractivity contribution in [3.63, 3.8) is 0 Å². The Bertz CT molecular complexity index is 381. The van der Waals surface area contributed by atoms with Gasteiger partial charge in [0.1, 0.15) is 5.82 Å². The van der Waals surface area contributed by atoms with Gasteiger partial charge in [-0.15, -0.1) is 0 Å². The first-order valence-electron chi connectivity index (χ1n) is 6.97. The number of nitrogens with zero attached hydrogens (tertiary/aromatic N) is 3. The summed E-state index contributed by atoms with van der Waals surface area (Å²) in [6, 6.07) is 6.86. The van der Waals surface area contributed by atoms with Crippen molar-refractivity contribution >= 4 is 5.82 Å². The van der Waals surface area contributed by atoms with Gasteiger partial charge in [-0.3, -0.25) is 4.90 Å². The van der Waals surface area contributed by atoms with Crippen molar-refractivity contribution in [1.82, 2.24) is 9.88 Å². The molecule has 3 rings (SSSR count). The number of rotatable bonds is 2. The van der Waals surface area contributed by atoms with Crippen LogP contribution in [0.4, 0.5) is 5.82 Å². The topological polar surface area (TPSA) is 45.4 Å². The zero-order chi connectivity index (χ0) is 12.4. The Morgan fingerprint density at radius 3 is 2.94 bits per heavy atom. The molecule has 4 heteroatoms. The van der Waals surface area contributed by atoms with E-state index in [9.17, 15) is 0 Å². The van der Waals surface area contributed by atoms with Crippen LogP contribution in [-0.4, -0.2) is 48.6 Å². The molecule has 0 radical (unpaired) electrons. The fraction of sp³-hybridized carbons (Fsp3) is 0.643. The molecular weight excluding hydrogens is 224 g/mol. The molecule has 2 N–H and O–H groups in total. The lowest BCUT2D eigenvalue weighted by Gasteiger charge is -2.46. The molecule has 0 spiro atoms. The van der Waals surface area contributed by atoms with Gasteiger partial charge in [-0.1, -0.05) is 6.07 Å². The third kappa shape index (κ3) is 2.35. The lowest BCUT2D eigenvalue weighted by Crippen LogP contribution is -2.57. The minimum absolute atomic E-state index is 0.698. The van der Waals surface area contributed by atoms with Gasteiger partial charge in [0.2, 0.25) is 0 Å². The standard InChI is InChI=1S/C14H22N4/c15-9-12-4-5-13-11-18(8-7-17(13)10-12)14-3-1-2-6-16-14/h1-3,6,12-13H,4-5,7-11,15H2/t12-,13-/m0/s1. The largest absolute Gasteiger partial charge is 0.354 e. The molecule has 2 saturated heterocycles. The molecule has 0 unspecified atom stereocenters. The number of hydrogen-bond donors (Lipinski definition) is 1. The zero-order valence-corrected chi connectivity index (χ0v) is 10.8. The Balaban J connectivity index is 1.65. The van der Waals surface area contributed by atoms with Crippen LogP contribution < -0.4 is 10.6 Å². The van der Waals surface area contributed by atoms with Crippen molar-refractivity contribution in [1.29, 1.82) is 0 Å². The van der Waals surface area contributed by atoms with E-state index < -0.39 is 0 Å². The molecule has 0 amide bonds. The summed E-state index contributed by atoms with van der Waals surface area (Å²) in [5.74, 6) is 1.83. The number of piperazine rings is 1. The molecule has 4 nitrogen and oxygen atoms in total. The normalized spacial score (nSPS) is 29.1. The van der Waals surface area contributed by atoms with E-state index in [1.165, 1.54) is 19.4 Å². The first kappa shape index (κ1) is 11.9. The summed E-state index contributed by atoms with van der Waals surface area (Å²) < 4.78 is 0. The maximum atomic E-state index is 5.80. The number of aromatic nitrogens is 1. The van der Waals surface area contributed by atoms with Crippen LogP contribution in [-0.2, 0) is 0 Å². The highest BCUT2D eigenvalue weighted by atomic mass is 15.3. The Labute approximate surface area is 109 Å². The van der Waals surface area contributed by atoms with Crippen LogP contribution in [0, 0.1) is 5.92 Å². The average molecular weight is 246 g/mol. The van der Waals surface area contributed by atoms with Crippen molar-refractivity contribution in [3.8, 4) is 0 Å². The second kappa shape index (κ2) is 5.24. The summed E-state index contributed by atoms with van der Waals surface area (Å²) in [7, 11) is 0. The molecule has 0 aromatic carbocycles. The molecule has 3 heterocycles. The first-order valence-corrected chi connectivity index (χ1v) is 6.97. The van der Waals surface area contributed by atoms with Gasteiger partial charge >= 0.3 is 0 Å². The van der Waals surface area contributed by atoms with Gasteiger partial charge in [0.15, 0.2) is 0 Å². The maximum absolute atomic E-state index is 5.80. The van der Waals surface area contributed by atoms with E-state index in [4.69, 9.17) is 5.73 Å². The summed E-state index contributed by atoms with van der Waals surface area (Å²) in [5.41, 5.74) is 5.80. The fourth-order valence-electron chi connectivity index (χ4n) is 3.20. The Morgan fingerprint density at radius 1 is 1.22 bits per heavy atom. The molecule has 18 heavy (non-hydrogen) atoms. The third-order valence-electron chi connectivity index (χ3n) is 4.31. The van der Waals surface area contributed by atoms with Crippen LogP contribution in [0.1, 0.15) is 12.8 Å². The van der Waals surface area contributed by atoms with E-state index in [2.05, 4.69) is 26.9 Å². The lowest BCUT2D eigenvalue weighted by molar-refractivity contribution is 0.0982. The molecule has 0 aliphatic carbocycles. The van der Waals surface area contributed by atoms with Gasteiger partial charge in [-0.25, -0.2) is 4.98 Å². The summed E-state index contributed by atoms with van der Waals surface area (Å²) in [5, 5.41) is 0. The number of hydrogen-bond acceptors (Lipinski definition) is 4. The van der Waals surface area contributed by atoms with Gasteiger partial charge < -0.3 is 10.6 Å². The Hall–Kier alpha value is -1.13. The minimum Gasteiger partial charge on any atom is -0.354 e. The molecule has 1 aromatic heterocycles. The molecule has 2 atom stereocenters. The van der Waals surface area contributed by atoms with Crippen molar-refractivity contribution in [2.24, 2.45) is 11.7 Å². The predicted molar refractivity (Wildman–Crippen MR) is 73.6 cm³/mol. The summed E-state index contributed by atoms with van der Waals surface area (Å²) in [6.07, 6.45) is 4.45. The van der Waals surface area contributed by atoms with Gasteiger partial charge in [-0.2, -0.15) is 0 Å². The second-order valence-electron chi connectivity index (χ2n) is 5.46. The summed E-state index contributed by atoms with van der Waals surface area (Å²) in [6.45, 7) is 5.39. The predicted octanol–water partition coefficient (Wildman–Crippen LogP) is 0.941. The van der Waals surface area contributed by atoms with Gasteiger partial charge in [-0.05, 0) is 37.4 Å². The zero-order valence-electron chi connectivity index (χ0n) is 10.8. The van der Waals surface area contributed by atoms with Crippen LogP contribution in [0.15, 0.2) is 24.4 Å².